The number of rotatable bonds is 8. The zero-order chi connectivity index (χ0) is 12.7. The zero-order valence-electron chi connectivity index (χ0n) is 11.2. The molecule has 0 aromatic carbocycles. The Labute approximate surface area is 116 Å². The highest BCUT2D eigenvalue weighted by Crippen LogP contribution is 2.35. The maximum absolute atomic E-state index is 6.15. The minimum Gasteiger partial charge on any atom is -0.378 e. The molecule has 17 heavy (non-hydrogen) atoms. The van der Waals surface area contributed by atoms with Gasteiger partial charge in [0.2, 0.25) is 0 Å². The Balaban J connectivity index is 2.32. The van der Waals surface area contributed by atoms with Crippen LogP contribution in [0.25, 0.3) is 0 Å². The molecule has 0 aromatic rings. The second kappa shape index (κ2) is 7.86. The van der Waals surface area contributed by atoms with Crippen molar-refractivity contribution >= 4 is 23.2 Å². The Kier molecular flexibility index (Phi) is 7.21. The first-order valence-corrected chi connectivity index (χ1v) is 7.92. The van der Waals surface area contributed by atoms with Crippen molar-refractivity contribution in [3.63, 3.8) is 0 Å². The SMILES string of the molecule is CC(C)CC(CCl)(CCl)CCCC1CCCO1. The van der Waals surface area contributed by atoms with Gasteiger partial charge in [-0.25, -0.2) is 0 Å². The molecule has 0 saturated carbocycles. The van der Waals surface area contributed by atoms with Gasteiger partial charge in [0.05, 0.1) is 6.10 Å². The summed E-state index contributed by atoms with van der Waals surface area (Å²) in [5.74, 6) is 2.02. The van der Waals surface area contributed by atoms with Gasteiger partial charge < -0.3 is 4.74 Å². The molecule has 0 N–H and O–H groups in total. The lowest BCUT2D eigenvalue weighted by molar-refractivity contribution is 0.0980. The molecule has 1 nitrogen and oxygen atoms in total. The van der Waals surface area contributed by atoms with Crippen molar-refractivity contribution in [1.82, 2.24) is 0 Å². The monoisotopic (exact) mass is 280 g/mol. The minimum absolute atomic E-state index is 0.135. The van der Waals surface area contributed by atoms with Crippen molar-refractivity contribution < 1.29 is 4.74 Å². The van der Waals surface area contributed by atoms with E-state index < -0.39 is 0 Å². The smallest absolute Gasteiger partial charge is 0.0576 e. The van der Waals surface area contributed by atoms with E-state index in [-0.39, 0.29) is 5.41 Å². The van der Waals surface area contributed by atoms with Crippen LogP contribution >= 0.6 is 23.2 Å². The number of hydrogen-bond donors (Lipinski definition) is 0. The molecule has 1 saturated heterocycles. The van der Waals surface area contributed by atoms with Crippen molar-refractivity contribution in [2.75, 3.05) is 18.4 Å². The van der Waals surface area contributed by atoms with Gasteiger partial charge in [-0.3, -0.25) is 0 Å². The van der Waals surface area contributed by atoms with E-state index >= 15 is 0 Å². The van der Waals surface area contributed by atoms with Crippen molar-refractivity contribution in [1.29, 1.82) is 0 Å². The molecule has 102 valence electrons. The van der Waals surface area contributed by atoms with E-state index in [1.165, 1.54) is 25.7 Å². The van der Waals surface area contributed by atoms with Crippen LogP contribution in [0.1, 0.15) is 52.4 Å². The van der Waals surface area contributed by atoms with E-state index in [0.29, 0.717) is 23.8 Å². The lowest BCUT2D eigenvalue weighted by Gasteiger charge is -2.31. The van der Waals surface area contributed by atoms with Crippen LogP contribution in [-0.4, -0.2) is 24.5 Å². The highest BCUT2D eigenvalue weighted by Gasteiger charge is 2.29. The van der Waals surface area contributed by atoms with Crippen LogP contribution in [-0.2, 0) is 4.74 Å². The van der Waals surface area contributed by atoms with Crippen LogP contribution in [0.2, 0.25) is 0 Å². The maximum atomic E-state index is 6.15. The molecule has 1 aliphatic rings. The molecule has 1 aliphatic heterocycles. The number of alkyl halides is 2. The third kappa shape index (κ3) is 5.36. The van der Waals surface area contributed by atoms with Crippen LogP contribution in [0.3, 0.4) is 0 Å². The fourth-order valence-corrected chi connectivity index (χ4v) is 3.59. The van der Waals surface area contributed by atoms with Crippen LogP contribution in [0.5, 0.6) is 0 Å². The average molecular weight is 281 g/mol. The van der Waals surface area contributed by atoms with Gasteiger partial charge >= 0.3 is 0 Å². The topological polar surface area (TPSA) is 9.23 Å². The molecule has 0 amide bonds. The van der Waals surface area contributed by atoms with E-state index in [1.807, 2.05) is 0 Å². The molecule has 0 bridgehead atoms. The van der Waals surface area contributed by atoms with Crippen molar-refractivity contribution in [2.45, 2.75) is 58.5 Å². The minimum atomic E-state index is 0.135. The Morgan fingerprint density at radius 2 is 2.00 bits per heavy atom. The number of ether oxygens (including phenoxy) is 1. The molecule has 3 heteroatoms. The molecular formula is C14H26Cl2O. The summed E-state index contributed by atoms with van der Waals surface area (Å²) in [7, 11) is 0. The first-order valence-electron chi connectivity index (χ1n) is 6.85. The third-order valence-electron chi connectivity index (χ3n) is 3.67. The Bertz CT molecular complexity index is 196. The van der Waals surface area contributed by atoms with Gasteiger partial charge in [-0.05, 0) is 43.4 Å². The molecule has 0 radical (unpaired) electrons. The summed E-state index contributed by atoms with van der Waals surface area (Å²) in [4.78, 5) is 0. The van der Waals surface area contributed by atoms with Crippen LogP contribution in [0, 0.1) is 11.3 Å². The largest absolute Gasteiger partial charge is 0.378 e. The quantitative estimate of drug-likeness (QED) is 0.578. The molecule has 1 unspecified atom stereocenters. The van der Waals surface area contributed by atoms with Crippen LogP contribution in [0.15, 0.2) is 0 Å². The van der Waals surface area contributed by atoms with E-state index in [9.17, 15) is 0 Å². The summed E-state index contributed by atoms with van der Waals surface area (Å²) in [6, 6.07) is 0. The average Bonchev–Trinajstić information content (AvgIpc) is 2.80. The lowest BCUT2D eigenvalue weighted by atomic mass is 9.79. The van der Waals surface area contributed by atoms with Crippen molar-refractivity contribution in [2.24, 2.45) is 11.3 Å². The summed E-state index contributed by atoms with van der Waals surface area (Å²) in [5.41, 5.74) is 0.135. The van der Waals surface area contributed by atoms with Gasteiger partial charge in [-0.1, -0.05) is 20.3 Å². The zero-order valence-corrected chi connectivity index (χ0v) is 12.7. The summed E-state index contributed by atoms with van der Waals surface area (Å²) in [5, 5.41) is 0. The standard InChI is InChI=1S/C14H26Cl2O/c1-12(2)9-14(10-15,11-16)7-3-5-13-6-4-8-17-13/h12-13H,3-11H2,1-2H3. The fraction of sp³-hybridized carbons (Fsp3) is 1.00. The first kappa shape index (κ1) is 15.6. The van der Waals surface area contributed by atoms with E-state index in [4.69, 9.17) is 27.9 Å². The van der Waals surface area contributed by atoms with Gasteiger partial charge in [0, 0.05) is 18.4 Å². The molecule has 0 aromatic heterocycles. The van der Waals surface area contributed by atoms with Gasteiger partial charge in [0.25, 0.3) is 0 Å². The van der Waals surface area contributed by atoms with E-state index in [2.05, 4.69) is 13.8 Å². The predicted octanol–water partition coefficient (Wildman–Crippen LogP) is 4.85. The fourth-order valence-electron chi connectivity index (χ4n) is 2.82. The second-order valence-electron chi connectivity index (χ2n) is 5.89. The third-order valence-corrected chi connectivity index (χ3v) is 4.80. The van der Waals surface area contributed by atoms with Crippen LogP contribution in [0.4, 0.5) is 0 Å². The number of hydrogen-bond acceptors (Lipinski definition) is 1. The lowest BCUT2D eigenvalue weighted by Crippen LogP contribution is -2.27. The molecule has 0 aliphatic carbocycles. The molecule has 1 heterocycles. The highest BCUT2D eigenvalue weighted by molar-refractivity contribution is 6.21. The summed E-state index contributed by atoms with van der Waals surface area (Å²) >= 11 is 12.3. The van der Waals surface area contributed by atoms with Crippen molar-refractivity contribution in [3.05, 3.63) is 0 Å². The normalized spacial score (nSPS) is 21.4. The molecule has 1 atom stereocenters. The van der Waals surface area contributed by atoms with E-state index in [1.54, 1.807) is 0 Å². The summed E-state index contributed by atoms with van der Waals surface area (Å²) in [6.45, 7) is 5.44. The Hall–Kier alpha value is 0.540. The van der Waals surface area contributed by atoms with Crippen molar-refractivity contribution in [3.8, 4) is 0 Å². The highest BCUT2D eigenvalue weighted by atomic mass is 35.5. The van der Waals surface area contributed by atoms with Gasteiger partial charge in [-0.2, -0.15) is 0 Å². The number of halogens is 2. The predicted molar refractivity (Wildman–Crippen MR) is 76.2 cm³/mol. The Morgan fingerprint density at radius 3 is 2.47 bits per heavy atom. The molecule has 1 rings (SSSR count). The van der Waals surface area contributed by atoms with Crippen LogP contribution < -0.4 is 0 Å². The van der Waals surface area contributed by atoms with E-state index in [0.717, 1.165) is 19.4 Å². The maximum Gasteiger partial charge on any atom is 0.0576 e. The molecular weight excluding hydrogens is 255 g/mol. The second-order valence-corrected chi connectivity index (χ2v) is 6.43. The van der Waals surface area contributed by atoms with Gasteiger partial charge in [0.1, 0.15) is 0 Å². The Morgan fingerprint density at radius 1 is 1.29 bits per heavy atom. The first-order chi connectivity index (χ1) is 8.12. The van der Waals surface area contributed by atoms with Gasteiger partial charge in [-0.15, -0.1) is 23.2 Å². The molecule has 0 spiro atoms. The molecule has 1 fully saturated rings. The van der Waals surface area contributed by atoms with Gasteiger partial charge in [0.15, 0.2) is 0 Å². The summed E-state index contributed by atoms with van der Waals surface area (Å²) in [6.07, 6.45) is 7.59. The summed E-state index contributed by atoms with van der Waals surface area (Å²) < 4.78 is 5.65.